The van der Waals surface area contributed by atoms with Gasteiger partial charge in [-0.3, -0.25) is 4.79 Å². The molecule has 6 heteroatoms. The normalized spacial score (nSPS) is 19.7. The second kappa shape index (κ2) is 6.98. The van der Waals surface area contributed by atoms with E-state index in [1.807, 2.05) is 19.1 Å². The topological polar surface area (TPSA) is 62.1 Å². The molecular formula is C19H19BrN2O3. The third-order valence-corrected chi connectivity index (χ3v) is 4.82. The highest BCUT2D eigenvalue weighted by atomic mass is 79.9. The van der Waals surface area contributed by atoms with Crippen LogP contribution in [0.4, 0.5) is 0 Å². The van der Waals surface area contributed by atoms with Crippen molar-refractivity contribution in [1.29, 1.82) is 0 Å². The van der Waals surface area contributed by atoms with Crippen LogP contribution in [-0.4, -0.2) is 28.8 Å². The molecule has 0 aromatic heterocycles. The Balaban J connectivity index is 2.05. The van der Waals surface area contributed by atoms with Crippen molar-refractivity contribution in [2.24, 2.45) is 5.10 Å². The highest BCUT2D eigenvalue weighted by Crippen LogP contribution is 2.38. The van der Waals surface area contributed by atoms with Crippen LogP contribution in [0.5, 0.6) is 5.75 Å². The maximum Gasteiger partial charge on any atom is 0.280 e. The van der Waals surface area contributed by atoms with E-state index in [9.17, 15) is 9.90 Å². The van der Waals surface area contributed by atoms with Gasteiger partial charge in [-0.15, -0.1) is 0 Å². The zero-order chi connectivity index (χ0) is 18.0. The molecule has 1 aliphatic heterocycles. The molecule has 1 atom stereocenters. The van der Waals surface area contributed by atoms with Crippen LogP contribution in [0.2, 0.25) is 0 Å². The summed E-state index contributed by atoms with van der Waals surface area (Å²) in [6.07, 6.45) is 0.945. The molecule has 0 fully saturated rings. The van der Waals surface area contributed by atoms with Gasteiger partial charge in [0.2, 0.25) is 0 Å². The SMILES string of the molecule is CCC1=NN(C(=O)c2ccccc2OC)[C@](O)(c2ccc(Br)cc2)C1. The molecule has 0 saturated heterocycles. The van der Waals surface area contributed by atoms with Crippen LogP contribution in [0.1, 0.15) is 35.7 Å². The Morgan fingerprint density at radius 2 is 1.96 bits per heavy atom. The average molecular weight is 403 g/mol. The maximum absolute atomic E-state index is 13.1. The van der Waals surface area contributed by atoms with Gasteiger partial charge in [-0.1, -0.05) is 47.1 Å². The first kappa shape index (κ1) is 17.6. The third-order valence-electron chi connectivity index (χ3n) is 4.29. The number of methoxy groups -OCH3 is 1. The second-order valence-electron chi connectivity index (χ2n) is 5.84. The smallest absolute Gasteiger partial charge is 0.280 e. The third kappa shape index (κ3) is 3.19. The lowest BCUT2D eigenvalue weighted by atomic mass is 9.96. The van der Waals surface area contributed by atoms with Crippen molar-refractivity contribution in [2.75, 3.05) is 7.11 Å². The molecule has 0 saturated carbocycles. The molecule has 1 aliphatic rings. The van der Waals surface area contributed by atoms with Crippen molar-refractivity contribution in [3.63, 3.8) is 0 Å². The summed E-state index contributed by atoms with van der Waals surface area (Å²) in [5.41, 5.74) is 0.241. The lowest BCUT2D eigenvalue weighted by Crippen LogP contribution is -2.43. The Hall–Kier alpha value is -2.18. The molecule has 0 spiro atoms. The number of amides is 1. The maximum atomic E-state index is 13.1. The second-order valence-corrected chi connectivity index (χ2v) is 6.75. The molecule has 2 aromatic rings. The van der Waals surface area contributed by atoms with E-state index in [2.05, 4.69) is 21.0 Å². The Bertz CT molecular complexity index is 820. The highest BCUT2D eigenvalue weighted by molar-refractivity contribution is 9.10. The van der Waals surface area contributed by atoms with E-state index in [1.54, 1.807) is 36.4 Å². The first-order chi connectivity index (χ1) is 12.0. The van der Waals surface area contributed by atoms with Gasteiger partial charge in [-0.05, 0) is 30.7 Å². The molecule has 1 N–H and O–H groups in total. The van der Waals surface area contributed by atoms with E-state index in [0.29, 0.717) is 23.3 Å². The number of para-hydroxylation sites is 1. The highest BCUT2D eigenvalue weighted by Gasteiger charge is 2.46. The van der Waals surface area contributed by atoms with Crippen LogP contribution < -0.4 is 4.74 Å². The van der Waals surface area contributed by atoms with Crippen molar-refractivity contribution in [1.82, 2.24) is 5.01 Å². The summed E-state index contributed by atoms with van der Waals surface area (Å²) in [7, 11) is 1.51. The van der Waals surface area contributed by atoms with E-state index >= 15 is 0 Å². The van der Waals surface area contributed by atoms with Crippen LogP contribution in [0.25, 0.3) is 0 Å². The minimum atomic E-state index is -1.51. The Kier molecular flexibility index (Phi) is 4.92. The molecule has 0 aliphatic carbocycles. The number of hydrogen-bond donors (Lipinski definition) is 1. The number of hydrogen-bond acceptors (Lipinski definition) is 4. The molecule has 1 heterocycles. The summed E-state index contributed by atoms with van der Waals surface area (Å²) in [5.74, 6) is 0.0529. The number of hydrazone groups is 1. The molecule has 3 rings (SSSR count). The number of carbonyl (C=O) groups excluding carboxylic acids is 1. The monoisotopic (exact) mass is 402 g/mol. The van der Waals surface area contributed by atoms with Crippen LogP contribution in [-0.2, 0) is 5.72 Å². The van der Waals surface area contributed by atoms with Crippen molar-refractivity contribution < 1.29 is 14.6 Å². The summed E-state index contributed by atoms with van der Waals surface area (Å²) in [5, 5.41) is 16.9. The van der Waals surface area contributed by atoms with Gasteiger partial charge < -0.3 is 9.84 Å². The predicted octanol–water partition coefficient (Wildman–Crippen LogP) is 3.91. The number of aliphatic hydroxyl groups is 1. The average Bonchev–Trinajstić information content (AvgIpc) is 2.99. The molecule has 0 radical (unpaired) electrons. The zero-order valence-electron chi connectivity index (χ0n) is 14.1. The summed E-state index contributed by atoms with van der Waals surface area (Å²) in [6, 6.07) is 14.2. The fourth-order valence-electron chi connectivity index (χ4n) is 2.90. The lowest BCUT2D eigenvalue weighted by molar-refractivity contribution is -0.0766. The van der Waals surface area contributed by atoms with Gasteiger partial charge in [-0.25, -0.2) is 0 Å². The van der Waals surface area contributed by atoms with E-state index in [1.165, 1.54) is 12.1 Å². The first-order valence-corrected chi connectivity index (χ1v) is 8.81. The predicted molar refractivity (Wildman–Crippen MR) is 99.5 cm³/mol. The quantitative estimate of drug-likeness (QED) is 0.842. The summed E-state index contributed by atoms with van der Waals surface area (Å²) in [4.78, 5) is 13.1. The molecular weight excluding hydrogens is 384 g/mol. The van der Waals surface area contributed by atoms with E-state index < -0.39 is 11.6 Å². The fraction of sp³-hybridized carbons (Fsp3) is 0.263. The fourth-order valence-corrected chi connectivity index (χ4v) is 3.17. The summed E-state index contributed by atoms with van der Waals surface area (Å²) < 4.78 is 6.19. The molecule has 2 aromatic carbocycles. The van der Waals surface area contributed by atoms with E-state index in [-0.39, 0.29) is 6.42 Å². The number of ether oxygens (including phenoxy) is 1. The molecule has 25 heavy (non-hydrogen) atoms. The number of carbonyl (C=O) groups is 1. The van der Waals surface area contributed by atoms with Gasteiger partial charge in [0, 0.05) is 22.2 Å². The van der Waals surface area contributed by atoms with Gasteiger partial charge in [0.15, 0.2) is 5.72 Å². The molecule has 5 nitrogen and oxygen atoms in total. The first-order valence-electron chi connectivity index (χ1n) is 8.02. The number of benzene rings is 2. The van der Waals surface area contributed by atoms with Gasteiger partial charge in [0.1, 0.15) is 5.75 Å². The summed E-state index contributed by atoms with van der Waals surface area (Å²) >= 11 is 3.39. The zero-order valence-corrected chi connectivity index (χ0v) is 15.7. The van der Waals surface area contributed by atoms with Crippen molar-refractivity contribution in [3.05, 3.63) is 64.1 Å². The van der Waals surface area contributed by atoms with Crippen LogP contribution in [0, 0.1) is 0 Å². The molecule has 0 unspecified atom stereocenters. The minimum absolute atomic E-state index is 0.284. The van der Waals surface area contributed by atoms with E-state index in [4.69, 9.17) is 4.74 Å². The van der Waals surface area contributed by atoms with Gasteiger partial charge in [0.05, 0.1) is 12.7 Å². The van der Waals surface area contributed by atoms with E-state index in [0.717, 1.165) is 10.2 Å². The van der Waals surface area contributed by atoms with Crippen LogP contribution >= 0.6 is 15.9 Å². The number of nitrogens with zero attached hydrogens (tertiary/aromatic N) is 2. The standard InChI is InChI=1S/C19H19BrN2O3/c1-3-15-12-19(24,13-8-10-14(20)11-9-13)22(21-15)18(23)16-6-4-5-7-17(16)25-2/h4-11,24H,3,12H2,1-2H3/t19-/m1/s1. The number of halogens is 1. The Morgan fingerprint density at radius 3 is 2.60 bits per heavy atom. The van der Waals surface area contributed by atoms with Gasteiger partial charge >= 0.3 is 0 Å². The number of rotatable bonds is 4. The lowest BCUT2D eigenvalue weighted by Gasteiger charge is -2.31. The Morgan fingerprint density at radius 1 is 1.28 bits per heavy atom. The van der Waals surface area contributed by atoms with Crippen LogP contribution in [0.3, 0.4) is 0 Å². The van der Waals surface area contributed by atoms with Crippen molar-refractivity contribution in [2.45, 2.75) is 25.5 Å². The van der Waals surface area contributed by atoms with Crippen LogP contribution in [0.15, 0.2) is 58.1 Å². The largest absolute Gasteiger partial charge is 0.496 e. The summed E-state index contributed by atoms with van der Waals surface area (Å²) in [6.45, 7) is 1.96. The van der Waals surface area contributed by atoms with Crippen molar-refractivity contribution >= 4 is 27.5 Å². The van der Waals surface area contributed by atoms with Crippen molar-refractivity contribution in [3.8, 4) is 5.75 Å². The molecule has 130 valence electrons. The molecule has 0 bridgehead atoms. The molecule has 1 amide bonds. The van der Waals surface area contributed by atoms with Gasteiger partial charge in [0.25, 0.3) is 5.91 Å². The minimum Gasteiger partial charge on any atom is -0.496 e. The Labute approximate surface area is 155 Å². The van der Waals surface area contributed by atoms with Gasteiger partial charge in [-0.2, -0.15) is 10.1 Å².